The minimum Gasteiger partial charge on any atom is -0.304 e. The Kier molecular flexibility index (Phi) is 4.54. The maximum Gasteiger partial charge on any atom is 0.0931 e. The van der Waals surface area contributed by atoms with Gasteiger partial charge in [0.05, 0.1) is 16.1 Å². The largest absolute Gasteiger partial charge is 0.304 e. The Morgan fingerprint density at radius 1 is 1.19 bits per heavy atom. The first kappa shape index (κ1) is 14.5. The molecule has 0 bridgehead atoms. The summed E-state index contributed by atoms with van der Waals surface area (Å²) < 4.78 is 0.813. The van der Waals surface area contributed by atoms with Crippen molar-refractivity contribution in [2.24, 2.45) is 0 Å². The van der Waals surface area contributed by atoms with Crippen molar-refractivity contribution in [2.75, 3.05) is 6.54 Å². The van der Waals surface area contributed by atoms with Gasteiger partial charge in [0.25, 0.3) is 0 Å². The standard InChI is InChI=1S/C17H17ClN2S/c1-2-10-19-17(14-7-8-15(18)21-14)16-13-6-4-3-5-12(13)9-11-20-16/h3-9,11,17,19H,2,10H2,1H3. The summed E-state index contributed by atoms with van der Waals surface area (Å²) >= 11 is 7.73. The van der Waals surface area contributed by atoms with E-state index >= 15 is 0 Å². The van der Waals surface area contributed by atoms with Gasteiger partial charge in [-0.25, -0.2) is 0 Å². The van der Waals surface area contributed by atoms with Crippen molar-refractivity contribution in [3.05, 3.63) is 63.6 Å². The van der Waals surface area contributed by atoms with Crippen LogP contribution in [0.15, 0.2) is 48.7 Å². The number of nitrogens with one attached hydrogen (secondary N) is 1. The molecule has 1 unspecified atom stereocenters. The van der Waals surface area contributed by atoms with Crippen LogP contribution >= 0.6 is 22.9 Å². The van der Waals surface area contributed by atoms with Crippen LogP contribution in [-0.4, -0.2) is 11.5 Å². The molecule has 0 aliphatic carbocycles. The Morgan fingerprint density at radius 2 is 2.05 bits per heavy atom. The third kappa shape index (κ3) is 3.10. The van der Waals surface area contributed by atoms with Gasteiger partial charge in [-0.3, -0.25) is 4.98 Å². The predicted molar refractivity (Wildman–Crippen MR) is 91.2 cm³/mol. The second kappa shape index (κ2) is 6.56. The van der Waals surface area contributed by atoms with Crippen molar-refractivity contribution < 1.29 is 0 Å². The molecule has 21 heavy (non-hydrogen) atoms. The van der Waals surface area contributed by atoms with Crippen molar-refractivity contribution >= 4 is 33.7 Å². The molecule has 4 heteroatoms. The first-order valence-electron chi connectivity index (χ1n) is 7.12. The highest BCUT2D eigenvalue weighted by atomic mass is 35.5. The quantitative estimate of drug-likeness (QED) is 0.713. The van der Waals surface area contributed by atoms with Crippen LogP contribution in [0, 0.1) is 0 Å². The molecular formula is C17H17ClN2S. The number of benzene rings is 1. The number of hydrogen-bond donors (Lipinski definition) is 1. The molecule has 2 aromatic heterocycles. The molecular weight excluding hydrogens is 300 g/mol. The molecule has 1 aromatic carbocycles. The van der Waals surface area contributed by atoms with E-state index in [2.05, 4.69) is 53.6 Å². The van der Waals surface area contributed by atoms with Crippen molar-refractivity contribution in [3.63, 3.8) is 0 Å². The molecule has 0 aliphatic rings. The topological polar surface area (TPSA) is 24.9 Å². The summed E-state index contributed by atoms with van der Waals surface area (Å²) in [6.07, 6.45) is 2.97. The molecule has 108 valence electrons. The maximum atomic E-state index is 6.11. The van der Waals surface area contributed by atoms with Gasteiger partial charge >= 0.3 is 0 Å². The highest BCUT2D eigenvalue weighted by Gasteiger charge is 2.19. The van der Waals surface area contributed by atoms with Gasteiger partial charge in [0.1, 0.15) is 0 Å². The number of fused-ring (bicyclic) bond motifs is 1. The highest BCUT2D eigenvalue weighted by molar-refractivity contribution is 7.16. The smallest absolute Gasteiger partial charge is 0.0931 e. The molecule has 3 aromatic rings. The Balaban J connectivity index is 2.09. The second-order valence-corrected chi connectivity index (χ2v) is 6.69. The normalized spacial score (nSPS) is 12.7. The molecule has 0 aliphatic heterocycles. The van der Waals surface area contributed by atoms with Gasteiger partial charge < -0.3 is 5.32 Å². The van der Waals surface area contributed by atoms with Crippen LogP contribution in [-0.2, 0) is 0 Å². The highest BCUT2D eigenvalue weighted by Crippen LogP contribution is 2.33. The minimum absolute atomic E-state index is 0.0912. The summed E-state index contributed by atoms with van der Waals surface area (Å²) in [5.41, 5.74) is 1.07. The number of thiophene rings is 1. The van der Waals surface area contributed by atoms with Crippen molar-refractivity contribution in [3.8, 4) is 0 Å². The average molecular weight is 317 g/mol. The van der Waals surface area contributed by atoms with E-state index in [4.69, 9.17) is 11.6 Å². The third-order valence-corrected chi connectivity index (χ3v) is 4.75. The number of rotatable bonds is 5. The Morgan fingerprint density at radius 3 is 2.81 bits per heavy atom. The molecule has 0 saturated heterocycles. The fourth-order valence-electron chi connectivity index (χ4n) is 2.48. The van der Waals surface area contributed by atoms with Crippen molar-refractivity contribution in [1.29, 1.82) is 0 Å². The van der Waals surface area contributed by atoms with Crippen LogP contribution in [0.1, 0.15) is 30.0 Å². The average Bonchev–Trinajstić information content (AvgIpc) is 2.94. The SMILES string of the molecule is CCCNC(c1ccc(Cl)s1)c1nccc2ccccc12. The lowest BCUT2D eigenvalue weighted by molar-refractivity contribution is 0.597. The van der Waals surface area contributed by atoms with Gasteiger partial charge in [0.2, 0.25) is 0 Å². The number of aromatic nitrogens is 1. The van der Waals surface area contributed by atoms with E-state index in [0.717, 1.165) is 23.0 Å². The molecule has 0 amide bonds. The number of pyridine rings is 1. The molecule has 0 saturated carbocycles. The number of nitrogens with zero attached hydrogens (tertiary/aromatic N) is 1. The molecule has 0 fully saturated rings. The van der Waals surface area contributed by atoms with Gasteiger partial charge in [-0.15, -0.1) is 11.3 Å². The van der Waals surface area contributed by atoms with E-state index in [1.807, 2.05) is 12.3 Å². The van der Waals surface area contributed by atoms with Gasteiger partial charge in [0.15, 0.2) is 0 Å². The van der Waals surface area contributed by atoms with E-state index in [-0.39, 0.29) is 6.04 Å². The fraction of sp³-hybridized carbons (Fsp3) is 0.235. The monoisotopic (exact) mass is 316 g/mol. The summed E-state index contributed by atoms with van der Waals surface area (Å²) in [6, 6.07) is 14.6. The van der Waals surface area contributed by atoms with E-state index in [1.54, 1.807) is 11.3 Å². The number of halogens is 1. The first-order chi connectivity index (χ1) is 10.3. The summed E-state index contributed by atoms with van der Waals surface area (Å²) in [4.78, 5) is 5.85. The zero-order valence-corrected chi connectivity index (χ0v) is 13.4. The van der Waals surface area contributed by atoms with E-state index < -0.39 is 0 Å². The van der Waals surface area contributed by atoms with Crippen LogP contribution in [0.3, 0.4) is 0 Å². The van der Waals surface area contributed by atoms with Crippen LogP contribution in [0.25, 0.3) is 10.8 Å². The minimum atomic E-state index is 0.0912. The summed E-state index contributed by atoms with van der Waals surface area (Å²) in [5.74, 6) is 0. The number of hydrogen-bond acceptors (Lipinski definition) is 3. The first-order valence-corrected chi connectivity index (χ1v) is 8.31. The van der Waals surface area contributed by atoms with Gasteiger partial charge in [-0.2, -0.15) is 0 Å². The molecule has 0 spiro atoms. The molecule has 2 nitrogen and oxygen atoms in total. The molecule has 0 radical (unpaired) electrons. The Hall–Kier alpha value is -1.42. The van der Waals surface area contributed by atoms with Gasteiger partial charge in [-0.05, 0) is 36.6 Å². The Bertz CT molecular complexity index is 733. The zero-order valence-electron chi connectivity index (χ0n) is 11.8. The van der Waals surface area contributed by atoms with Gasteiger partial charge in [0, 0.05) is 16.5 Å². The van der Waals surface area contributed by atoms with Crippen LogP contribution < -0.4 is 5.32 Å². The predicted octanol–water partition coefficient (Wildman–Crippen LogP) is 5.04. The van der Waals surface area contributed by atoms with Crippen molar-refractivity contribution in [1.82, 2.24) is 10.3 Å². The van der Waals surface area contributed by atoms with Gasteiger partial charge in [-0.1, -0.05) is 42.8 Å². The van der Waals surface area contributed by atoms with Crippen LogP contribution in [0.2, 0.25) is 4.34 Å². The summed E-state index contributed by atoms with van der Waals surface area (Å²) in [5, 5.41) is 6.01. The lowest BCUT2D eigenvalue weighted by atomic mass is 10.0. The van der Waals surface area contributed by atoms with E-state index in [9.17, 15) is 0 Å². The van der Waals surface area contributed by atoms with E-state index in [1.165, 1.54) is 15.6 Å². The molecule has 1 N–H and O–H groups in total. The van der Waals surface area contributed by atoms with Crippen LogP contribution in [0.4, 0.5) is 0 Å². The van der Waals surface area contributed by atoms with Crippen LogP contribution in [0.5, 0.6) is 0 Å². The third-order valence-electron chi connectivity index (χ3n) is 3.45. The Labute approximate surface area is 133 Å². The summed E-state index contributed by atoms with van der Waals surface area (Å²) in [7, 11) is 0. The molecule has 3 rings (SSSR count). The maximum absolute atomic E-state index is 6.11. The lowest BCUT2D eigenvalue weighted by Crippen LogP contribution is -2.23. The fourth-order valence-corrected chi connectivity index (χ4v) is 3.62. The van der Waals surface area contributed by atoms with E-state index in [0.29, 0.717) is 0 Å². The lowest BCUT2D eigenvalue weighted by Gasteiger charge is -2.18. The van der Waals surface area contributed by atoms with Crippen molar-refractivity contribution in [2.45, 2.75) is 19.4 Å². The zero-order chi connectivity index (χ0) is 14.7. The molecule has 2 heterocycles. The molecule has 1 atom stereocenters. The summed E-state index contributed by atoms with van der Waals surface area (Å²) in [6.45, 7) is 3.12. The second-order valence-electron chi connectivity index (χ2n) is 4.95.